The van der Waals surface area contributed by atoms with Gasteiger partial charge in [-0.1, -0.05) is 53.1 Å². The van der Waals surface area contributed by atoms with Gasteiger partial charge in [0.1, 0.15) is 0 Å². The topological polar surface area (TPSA) is 58.2 Å². The molecule has 1 aromatic carbocycles. The van der Waals surface area contributed by atoms with Gasteiger partial charge < -0.3 is 10.6 Å². The number of halogens is 1. The Kier molecular flexibility index (Phi) is 5.05. The molecule has 0 aliphatic carbocycles. The van der Waals surface area contributed by atoms with E-state index < -0.39 is 10.8 Å². The first-order chi connectivity index (χ1) is 9.41. The molecule has 0 aliphatic rings. The molecule has 4 nitrogen and oxygen atoms in total. The average molecular weight is 311 g/mol. The van der Waals surface area contributed by atoms with Crippen LogP contribution in [-0.4, -0.2) is 11.8 Å². The van der Waals surface area contributed by atoms with Crippen molar-refractivity contribution in [3.63, 3.8) is 0 Å². The van der Waals surface area contributed by atoms with Crippen LogP contribution in [0, 0.1) is 10.8 Å². The molecule has 2 N–H and O–H groups in total. The number of hydrogen-bond donors (Lipinski definition) is 2. The Morgan fingerprint density at radius 3 is 1.71 bits per heavy atom. The van der Waals surface area contributed by atoms with Gasteiger partial charge in [0.05, 0.1) is 11.4 Å². The van der Waals surface area contributed by atoms with Crippen LogP contribution in [0.4, 0.5) is 11.4 Å². The molecule has 0 atom stereocenters. The average Bonchev–Trinajstić information content (AvgIpc) is 2.29. The van der Waals surface area contributed by atoms with E-state index in [1.165, 1.54) is 0 Å². The Hall–Kier alpha value is -1.55. The highest BCUT2D eigenvalue weighted by molar-refractivity contribution is 6.31. The van der Waals surface area contributed by atoms with Crippen molar-refractivity contribution in [2.45, 2.75) is 41.5 Å². The minimum atomic E-state index is -0.534. The molecule has 5 heteroatoms. The first kappa shape index (κ1) is 17.5. The second-order valence-electron chi connectivity index (χ2n) is 7.10. The lowest BCUT2D eigenvalue weighted by Crippen LogP contribution is -2.30. The molecule has 0 aliphatic heterocycles. The highest BCUT2D eigenvalue weighted by Gasteiger charge is 2.25. The van der Waals surface area contributed by atoms with E-state index in [-0.39, 0.29) is 11.8 Å². The van der Waals surface area contributed by atoms with Gasteiger partial charge in [-0.15, -0.1) is 0 Å². The summed E-state index contributed by atoms with van der Waals surface area (Å²) in [4.78, 5) is 24.2. The summed E-state index contributed by atoms with van der Waals surface area (Å²) >= 11 is 5.98. The predicted octanol–water partition coefficient (Wildman–Crippen LogP) is 4.31. The van der Waals surface area contributed by atoms with Crippen LogP contribution < -0.4 is 10.6 Å². The van der Waals surface area contributed by atoms with Crippen molar-refractivity contribution in [3.8, 4) is 0 Å². The van der Waals surface area contributed by atoms with Crippen LogP contribution in [0.15, 0.2) is 18.2 Å². The third-order valence-corrected chi connectivity index (χ3v) is 3.08. The zero-order chi connectivity index (χ0) is 16.4. The number of hydrogen-bond acceptors (Lipinski definition) is 2. The summed E-state index contributed by atoms with van der Waals surface area (Å²) in [5, 5.41) is 6.13. The molecule has 1 aromatic rings. The SMILES string of the molecule is CC(C)(C)C(=O)Nc1ccc(Cl)cc1NC(=O)C(C)(C)C. The molecular formula is C16H23ClN2O2. The maximum atomic E-state index is 12.1. The molecule has 0 saturated carbocycles. The van der Waals surface area contributed by atoms with Gasteiger partial charge in [-0.3, -0.25) is 9.59 Å². The van der Waals surface area contributed by atoms with Crippen molar-refractivity contribution >= 4 is 34.8 Å². The summed E-state index contributed by atoms with van der Waals surface area (Å²) in [5.74, 6) is -0.271. The summed E-state index contributed by atoms with van der Waals surface area (Å²) in [6.45, 7) is 10.9. The van der Waals surface area contributed by atoms with Crippen LogP contribution in [-0.2, 0) is 9.59 Å². The summed E-state index contributed by atoms with van der Waals surface area (Å²) in [6, 6.07) is 4.99. The van der Waals surface area contributed by atoms with Crippen molar-refractivity contribution in [3.05, 3.63) is 23.2 Å². The summed E-state index contributed by atoms with van der Waals surface area (Å²) < 4.78 is 0. The van der Waals surface area contributed by atoms with Crippen molar-refractivity contribution < 1.29 is 9.59 Å². The molecular weight excluding hydrogens is 288 g/mol. The Morgan fingerprint density at radius 1 is 0.857 bits per heavy atom. The quantitative estimate of drug-likeness (QED) is 0.855. The molecule has 0 heterocycles. The number of carbonyl (C=O) groups excluding carboxylic acids is 2. The van der Waals surface area contributed by atoms with Gasteiger partial charge in [0.15, 0.2) is 0 Å². The molecule has 0 bridgehead atoms. The minimum Gasteiger partial charge on any atom is -0.324 e. The maximum absolute atomic E-state index is 12.1. The Bertz CT molecular complexity index is 554. The zero-order valence-electron chi connectivity index (χ0n) is 13.4. The van der Waals surface area contributed by atoms with E-state index in [1.54, 1.807) is 18.2 Å². The number of nitrogens with one attached hydrogen (secondary N) is 2. The second kappa shape index (κ2) is 6.06. The Morgan fingerprint density at radius 2 is 1.29 bits per heavy atom. The first-order valence-electron chi connectivity index (χ1n) is 6.84. The summed E-state index contributed by atoms with van der Waals surface area (Å²) in [5.41, 5.74) is -0.0181. The highest BCUT2D eigenvalue weighted by Crippen LogP contribution is 2.29. The third kappa shape index (κ3) is 5.05. The molecule has 0 spiro atoms. The number of benzene rings is 1. The molecule has 1 rings (SSSR count). The van der Waals surface area contributed by atoms with Crippen molar-refractivity contribution in [2.75, 3.05) is 10.6 Å². The van der Waals surface area contributed by atoms with Crippen molar-refractivity contribution in [1.82, 2.24) is 0 Å². The van der Waals surface area contributed by atoms with E-state index in [4.69, 9.17) is 11.6 Å². The van der Waals surface area contributed by atoms with E-state index in [0.29, 0.717) is 16.4 Å². The van der Waals surface area contributed by atoms with Crippen LogP contribution >= 0.6 is 11.6 Å². The molecule has 0 radical (unpaired) electrons. The molecule has 0 unspecified atom stereocenters. The van der Waals surface area contributed by atoms with E-state index in [0.717, 1.165) is 0 Å². The monoisotopic (exact) mass is 310 g/mol. The molecule has 0 saturated heterocycles. The van der Waals surface area contributed by atoms with E-state index in [2.05, 4.69) is 10.6 Å². The standard InChI is InChI=1S/C16H23ClN2O2/c1-15(2,3)13(20)18-11-8-7-10(17)9-12(11)19-14(21)16(4,5)6/h7-9H,1-6H3,(H,18,20)(H,19,21). The predicted molar refractivity (Wildman–Crippen MR) is 87.6 cm³/mol. The zero-order valence-corrected chi connectivity index (χ0v) is 14.2. The van der Waals surface area contributed by atoms with Crippen LogP contribution in [0.3, 0.4) is 0 Å². The van der Waals surface area contributed by atoms with Gasteiger partial charge in [-0.25, -0.2) is 0 Å². The fraction of sp³-hybridized carbons (Fsp3) is 0.500. The van der Waals surface area contributed by atoms with Crippen molar-refractivity contribution in [1.29, 1.82) is 0 Å². The number of carbonyl (C=O) groups is 2. The first-order valence-corrected chi connectivity index (χ1v) is 7.21. The summed E-state index contributed by atoms with van der Waals surface area (Å²) in [6.07, 6.45) is 0. The van der Waals surface area contributed by atoms with Gasteiger partial charge in [0.2, 0.25) is 11.8 Å². The lowest BCUT2D eigenvalue weighted by molar-refractivity contribution is -0.124. The van der Waals surface area contributed by atoms with Crippen LogP contribution in [0.2, 0.25) is 5.02 Å². The maximum Gasteiger partial charge on any atom is 0.229 e. The van der Waals surface area contributed by atoms with Gasteiger partial charge in [0.25, 0.3) is 0 Å². The van der Waals surface area contributed by atoms with Crippen LogP contribution in [0.5, 0.6) is 0 Å². The van der Waals surface area contributed by atoms with Crippen LogP contribution in [0.1, 0.15) is 41.5 Å². The molecule has 2 amide bonds. The van der Waals surface area contributed by atoms with Gasteiger partial charge in [-0.05, 0) is 18.2 Å². The largest absolute Gasteiger partial charge is 0.324 e. The molecule has 21 heavy (non-hydrogen) atoms. The van der Waals surface area contributed by atoms with E-state index >= 15 is 0 Å². The van der Waals surface area contributed by atoms with Gasteiger partial charge >= 0.3 is 0 Å². The fourth-order valence-electron chi connectivity index (χ4n) is 1.35. The second-order valence-corrected chi connectivity index (χ2v) is 7.53. The van der Waals surface area contributed by atoms with E-state index in [9.17, 15) is 9.59 Å². The lowest BCUT2D eigenvalue weighted by Gasteiger charge is -2.22. The van der Waals surface area contributed by atoms with Crippen LogP contribution in [0.25, 0.3) is 0 Å². The summed E-state index contributed by atoms with van der Waals surface area (Å²) in [7, 11) is 0. The number of rotatable bonds is 2. The third-order valence-electron chi connectivity index (χ3n) is 2.84. The fourth-order valence-corrected chi connectivity index (χ4v) is 1.52. The highest BCUT2D eigenvalue weighted by atomic mass is 35.5. The van der Waals surface area contributed by atoms with E-state index in [1.807, 2.05) is 41.5 Å². The molecule has 0 fully saturated rings. The normalized spacial score (nSPS) is 12.0. The van der Waals surface area contributed by atoms with Gasteiger partial charge in [0, 0.05) is 15.9 Å². The molecule has 116 valence electrons. The lowest BCUT2D eigenvalue weighted by atomic mass is 9.95. The number of anilines is 2. The van der Waals surface area contributed by atoms with Gasteiger partial charge in [-0.2, -0.15) is 0 Å². The molecule has 0 aromatic heterocycles. The smallest absolute Gasteiger partial charge is 0.229 e. The minimum absolute atomic E-state index is 0.129. The van der Waals surface area contributed by atoms with Crippen molar-refractivity contribution in [2.24, 2.45) is 10.8 Å². The Balaban J connectivity index is 3.06. The number of amides is 2. The Labute approximate surface area is 131 Å².